The van der Waals surface area contributed by atoms with Crippen LogP contribution in [0.4, 0.5) is 4.39 Å². The Bertz CT molecular complexity index is 828. The van der Waals surface area contributed by atoms with Crippen LogP contribution in [0, 0.1) is 5.82 Å². The number of carbonyl (C=O) groups excluding carboxylic acids is 2. The molecule has 2 aromatic carbocycles. The molecule has 2 aromatic rings. The van der Waals surface area contributed by atoms with Gasteiger partial charge in [-0.2, -0.15) is 0 Å². The number of amides is 2. The van der Waals surface area contributed by atoms with Crippen molar-refractivity contribution in [2.45, 2.75) is 32.7 Å². The summed E-state index contributed by atoms with van der Waals surface area (Å²) in [7, 11) is 0. The summed E-state index contributed by atoms with van der Waals surface area (Å²) in [4.78, 5) is 26.8. The summed E-state index contributed by atoms with van der Waals surface area (Å²) in [5, 5.41) is 5.65. The molecule has 0 bridgehead atoms. The lowest BCUT2D eigenvalue weighted by Crippen LogP contribution is -2.45. The number of nitrogens with one attached hydrogen (secondary N) is 2. The Morgan fingerprint density at radius 2 is 1.77 bits per heavy atom. The van der Waals surface area contributed by atoms with Crippen molar-refractivity contribution >= 4 is 27.7 Å². The van der Waals surface area contributed by atoms with E-state index < -0.39 is 11.7 Å². The molecule has 0 radical (unpaired) electrons. The number of nitrogens with zero attached hydrogens (tertiary/aromatic N) is 1. The van der Waals surface area contributed by atoms with E-state index in [0.29, 0.717) is 11.0 Å². The smallest absolute Gasteiger partial charge is 0.252 e. The predicted octanol–water partition coefficient (Wildman–Crippen LogP) is 3.78. The summed E-state index contributed by atoms with van der Waals surface area (Å²) in [6.45, 7) is 6.76. The molecule has 2 N–H and O–H groups in total. The maximum absolute atomic E-state index is 13.3. The molecule has 0 spiro atoms. The van der Waals surface area contributed by atoms with Gasteiger partial charge < -0.3 is 10.6 Å². The predicted molar refractivity (Wildman–Crippen MR) is 121 cm³/mol. The third-order valence-electron chi connectivity index (χ3n) is 4.99. The second-order valence-electron chi connectivity index (χ2n) is 7.00. The first-order valence-corrected chi connectivity index (χ1v) is 11.0. The summed E-state index contributed by atoms with van der Waals surface area (Å²) >= 11 is 3.24. The van der Waals surface area contributed by atoms with Crippen molar-refractivity contribution in [2.24, 2.45) is 0 Å². The zero-order valence-corrected chi connectivity index (χ0v) is 19.0. The van der Waals surface area contributed by atoms with E-state index in [1.54, 1.807) is 0 Å². The van der Waals surface area contributed by atoms with Gasteiger partial charge in [0.25, 0.3) is 5.91 Å². The molecule has 0 fully saturated rings. The summed E-state index contributed by atoms with van der Waals surface area (Å²) in [5.74, 6) is -1.03. The number of benzene rings is 2. The second kappa shape index (κ2) is 12.4. The van der Waals surface area contributed by atoms with Crippen molar-refractivity contribution < 1.29 is 14.0 Å². The third kappa shape index (κ3) is 7.54. The van der Waals surface area contributed by atoms with E-state index in [9.17, 15) is 14.0 Å². The Balaban J connectivity index is 1.83. The lowest BCUT2D eigenvalue weighted by Gasteiger charge is -2.30. The minimum absolute atomic E-state index is 0.126. The summed E-state index contributed by atoms with van der Waals surface area (Å²) in [5.41, 5.74) is 1.44. The molecule has 2 amide bonds. The highest BCUT2D eigenvalue weighted by atomic mass is 79.9. The first-order valence-electron chi connectivity index (χ1n) is 10.2. The van der Waals surface area contributed by atoms with Gasteiger partial charge in [-0.15, -0.1) is 0 Å². The Morgan fingerprint density at radius 1 is 1.07 bits per heavy atom. The summed E-state index contributed by atoms with van der Waals surface area (Å²) in [6.07, 6.45) is 1.02. The molecule has 162 valence electrons. The Kier molecular flexibility index (Phi) is 9.97. The molecule has 0 heterocycles. The SMILES string of the molecule is CCN(CC)C(CNC(=O)CCNC(=O)c1cc(F)ccc1Br)Cc1ccccc1. The van der Waals surface area contributed by atoms with Gasteiger partial charge in [0.2, 0.25) is 5.91 Å². The van der Waals surface area contributed by atoms with E-state index >= 15 is 0 Å². The first-order chi connectivity index (χ1) is 14.4. The van der Waals surface area contributed by atoms with Crippen LogP contribution in [-0.4, -0.2) is 48.9 Å². The molecule has 0 aliphatic heterocycles. The van der Waals surface area contributed by atoms with Crippen molar-refractivity contribution in [3.8, 4) is 0 Å². The first kappa shape index (κ1) is 24.0. The van der Waals surface area contributed by atoms with Crippen molar-refractivity contribution in [3.05, 3.63) is 69.9 Å². The molecule has 7 heteroatoms. The largest absolute Gasteiger partial charge is 0.354 e. The van der Waals surface area contributed by atoms with E-state index in [4.69, 9.17) is 0 Å². The van der Waals surface area contributed by atoms with Crippen LogP contribution in [0.25, 0.3) is 0 Å². The highest BCUT2D eigenvalue weighted by molar-refractivity contribution is 9.10. The maximum atomic E-state index is 13.3. The maximum Gasteiger partial charge on any atom is 0.252 e. The van der Waals surface area contributed by atoms with Crippen LogP contribution in [-0.2, 0) is 11.2 Å². The molecule has 0 saturated carbocycles. The second-order valence-corrected chi connectivity index (χ2v) is 7.85. The van der Waals surface area contributed by atoms with E-state index in [2.05, 4.69) is 57.4 Å². The van der Waals surface area contributed by atoms with E-state index in [-0.39, 0.29) is 30.5 Å². The topological polar surface area (TPSA) is 61.4 Å². The molecule has 0 saturated heterocycles. The van der Waals surface area contributed by atoms with Crippen LogP contribution < -0.4 is 10.6 Å². The minimum atomic E-state index is -0.484. The highest BCUT2D eigenvalue weighted by Gasteiger charge is 2.17. The van der Waals surface area contributed by atoms with Gasteiger partial charge in [0.05, 0.1) is 5.56 Å². The Morgan fingerprint density at radius 3 is 2.43 bits per heavy atom. The normalized spacial score (nSPS) is 11.9. The summed E-state index contributed by atoms with van der Waals surface area (Å²) < 4.78 is 13.9. The fourth-order valence-electron chi connectivity index (χ4n) is 3.33. The Labute approximate surface area is 186 Å². The van der Waals surface area contributed by atoms with Gasteiger partial charge in [-0.1, -0.05) is 44.2 Å². The molecule has 1 unspecified atom stereocenters. The number of rotatable bonds is 11. The lowest BCUT2D eigenvalue weighted by molar-refractivity contribution is -0.121. The monoisotopic (exact) mass is 477 g/mol. The number of halogens is 2. The van der Waals surface area contributed by atoms with Gasteiger partial charge in [0, 0.05) is 30.0 Å². The number of likely N-dealkylation sites (N-methyl/N-ethyl adjacent to an activating group) is 1. The van der Waals surface area contributed by atoms with E-state index in [1.807, 2.05) is 18.2 Å². The third-order valence-corrected chi connectivity index (χ3v) is 5.68. The lowest BCUT2D eigenvalue weighted by atomic mass is 10.0. The van der Waals surface area contributed by atoms with Gasteiger partial charge in [0.1, 0.15) is 5.82 Å². The fraction of sp³-hybridized carbons (Fsp3) is 0.391. The van der Waals surface area contributed by atoms with Crippen LogP contribution in [0.15, 0.2) is 53.0 Å². The molecule has 5 nitrogen and oxygen atoms in total. The minimum Gasteiger partial charge on any atom is -0.354 e. The van der Waals surface area contributed by atoms with Gasteiger partial charge in [-0.3, -0.25) is 14.5 Å². The van der Waals surface area contributed by atoms with Gasteiger partial charge >= 0.3 is 0 Å². The highest BCUT2D eigenvalue weighted by Crippen LogP contribution is 2.17. The molecule has 0 aromatic heterocycles. The van der Waals surface area contributed by atoms with Crippen molar-refractivity contribution in [1.29, 1.82) is 0 Å². The standard InChI is InChI=1S/C23H29BrFN3O2/c1-3-28(4-2)19(14-17-8-6-5-7-9-17)16-27-22(29)12-13-26-23(30)20-15-18(25)10-11-21(20)24/h5-11,15,19H,3-4,12-14,16H2,1-2H3,(H,26,30)(H,27,29). The van der Waals surface area contributed by atoms with Gasteiger partial charge in [-0.25, -0.2) is 4.39 Å². The van der Waals surface area contributed by atoms with Gasteiger partial charge in [-0.05, 0) is 59.2 Å². The van der Waals surface area contributed by atoms with Crippen LogP contribution in [0.3, 0.4) is 0 Å². The van der Waals surface area contributed by atoms with E-state index in [0.717, 1.165) is 25.6 Å². The molecule has 1 atom stereocenters. The summed E-state index contributed by atoms with van der Waals surface area (Å²) in [6, 6.07) is 14.3. The quantitative estimate of drug-likeness (QED) is 0.517. The fourth-order valence-corrected chi connectivity index (χ4v) is 3.76. The number of carbonyl (C=O) groups is 2. The molecule has 0 aliphatic rings. The van der Waals surface area contributed by atoms with Crippen LogP contribution >= 0.6 is 15.9 Å². The van der Waals surface area contributed by atoms with Crippen molar-refractivity contribution in [3.63, 3.8) is 0 Å². The van der Waals surface area contributed by atoms with E-state index in [1.165, 1.54) is 17.7 Å². The average Bonchev–Trinajstić information content (AvgIpc) is 2.75. The molecular weight excluding hydrogens is 449 g/mol. The van der Waals surface area contributed by atoms with Crippen molar-refractivity contribution in [2.75, 3.05) is 26.2 Å². The number of hydrogen-bond donors (Lipinski definition) is 2. The average molecular weight is 478 g/mol. The zero-order valence-electron chi connectivity index (χ0n) is 17.5. The van der Waals surface area contributed by atoms with Gasteiger partial charge in [0.15, 0.2) is 0 Å². The molecule has 30 heavy (non-hydrogen) atoms. The van der Waals surface area contributed by atoms with Crippen LogP contribution in [0.1, 0.15) is 36.2 Å². The number of hydrogen-bond acceptors (Lipinski definition) is 3. The van der Waals surface area contributed by atoms with Crippen LogP contribution in [0.5, 0.6) is 0 Å². The molecular formula is C23H29BrFN3O2. The Hall–Kier alpha value is -2.25. The molecule has 2 rings (SSSR count). The molecule has 0 aliphatic carbocycles. The van der Waals surface area contributed by atoms with Crippen molar-refractivity contribution in [1.82, 2.24) is 15.5 Å². The zero-order chi connectivity index (χ0) is 21.9. The van der Waals surface area contributed by atoms with Crippen LogP contribution in [0.2, 0.25) is 0 Å².